The molecule has 1 aromatic rings. The van der Waals surface area contributed by atoms with Crippen LogP contribution >= 0.6 is 0 Å². The Balaban J connectivity index is 0.000000241. The number of allylic oxidation sites excluding steroid dienone is 12. The van der Waals surface area contributed by atoms with Gasteiger partial charge in [-0.1, -0.05) is 46.6 Å². The molecule has 0 bridgehead atoms. The second-order valence-corrected chi connectivity index (χ2v) is 10.1. The lowest BCUT2D eigenvalue weighted by atomic mass is 10.0. The molecule has 0 spiro atoms. The highest BCUT2D eigenvalue weighted by Crippen LogP contribution is 2.24. The molecule has 4 heteroatoms. The molecule has 0 N–H and O–H groups in total. The van der Waals surface area contributed by atoms with Gasteiger partial charge in [0.1, 0.15) is 11.7 Å². The van der Waals surface area contributed by atoms with Gasteiger partial charge in [-0.2, -0.15) is 0 Å². The third-order valence-electron chi connectivity index (χ3n) is 6.38. The lowest BCUT2D eigenvalue weighted by Gasteiger charge is -2.08. The molecule has 0 aliphatic heterocycles. The molecule has 1 aromatic carbocycles. The fourth-order valence-electron chi connectivity index (χ4n) is 3.42. The van der Waals surface area contributed by atoms with E-state index in [0.29, 0.717) is 11.1 Å². The number of benzene rings is 1. The molecule has 0 saturated heterocycles. The Bertz CT molecular complexity index is 1000. The summed E-state index contributed by atoms with van der Waals surface area (Å²) in [4.78, 5) is 0. The van der Waals surface area contributed by atoms with Gasteiger partial charge >= 0.3 is 0 Å². The van der Waals surface area contributed by atoms with Gasteiger partial charge in [-0.25, -0.2) is 17.6 Å². The summed E-state index contributed by atoms with van der Waals surface area (Å²) in [5.41, 5.74) is 7.80. The van der Waals surface area contributed by atoms with Gasteiger partial charge in [0.25, 0.3) is 0 Å². The van der Waals surface area contributed by atoms with E-state index in [1.54, 1.807) is 24.3 Å². The van der Waals surface area contributed by atoms with Gasteiger partial charge in [0.15, 0.2) is 11.6 Å². The fourth-order valence-corrected chi connectivity index (χ4v) is 3.42. The van der Waals surface area contributed by atoms with Crippen molar-refractivity contribution < 1.29 is 17.6 Å². The van der Waals surface area contributed by atoms with Crippen molar-refractivity contribution in [2.45, 2.75) is 93.9 Å². The maximum atomic E-state index is 12.6. The lowest BCUT2D eigenvalue weighted by molar-refractivity contribution is 0.497. The maximum absolute atomic E-state index is 12.6. The summed E-state index contributed by atoms with van der Waals surface area (Å²) >= 11 is 0. The van der Waals surface area contributed by atoms with Crippen LogP contribution in [-0.2, 0) is 0 Å². The average Bonchev–Trinajstić information content (AvgIpc) is 2.83. The highest BCUT2D eigenvalue weighted by molar-refractivity contribution is 5.27. The molecule has 0 atom stereocenters. The summed E-state index contributed by atoms with van der Waals surface area (Å²) in [6.45, 7) is 15.1. The molecule has 0 radical (unpaired) electrons. The number of aryl methyl sites for hydroxylation is 2. The van der Waals surface area contributed by atoms with Crippen molar-refractivity contribution in [3.05, 3.63) is 104 Å². The molecular weight excluding hydrogens is 460 g/mol. The zero-order chi connectivity index (χ0) is 27.4. The van der Waals surface area contributed by atoms with Crippen LogP contribution in [0.4, 0.5) is 17.6 Å². The minimum Gasteiger partial charge on any atom is -0.207 e. The van der Waals surface area contributed by atoms with Gasteiger partial charge in [0.2, 0.25) is 0 Å². The van der Waals surface area contributed by atoms with E-state index in [1.807, 2.05) is 27.7 Å². The van der Waals surface area contributed by atoms with Gasteiger partial charge in [0.05, 0.1) is 0 Å². The van der Waals surface area contributed by atoms with Crippen LogP contribution in [0.15, 0.2) is 81.5 Å². The molecule has 0 heterocycles. The predicted octanol–water partition coefficient (Wildman–Crippen LogP) is 11.2. The van der Waals surface area contributed by atoms with Crippen LogP contribution in [0.1, 0.15) is 91.2 Å². The normalized spacial score (nSPS) is 17.2. The van der Waals surface area contributed by atoms with Crippen LogP contribution in [-0.4, -0.2) is 0 Å². The second-order valence-electron chi connectivity index (χ2n) is 10.1. The number of hydrogen-bond acceptors (Lipinski definition) is 0. The highest BCUT2D eigenvalue weighted by atomic mass is 19.2. The molecule has 198 valence electrons. The third-order valence-corrected chi connectivity index (χ3v) is 6.38. The Labute approximate surface area is 215 Å². The monoisotopic (exact) mass is 502 g/mol. The standard InChI is InChI=1S/C8H8F2.2C8H11F.C8H12/c1-5-3-4-6(2)8(10)7(5)9;2*1-6-3-4-7(2)8(9)5-6;1-7-3-5-8(2)6-4-7/h3-4H,1-2H3;2*5H,3-4H2,1-2H3;3,5H,4,6H2,1-2H3. The molecule has 0 aromatic heterocycles. The molecule has 3 aliphatic rings. The van der Waals surface area contributed by atoms with Gasteiger partial charge in [-0.3, -0.25) is 0 Å². The van der Waals surface area contributed by atoms with Crippen LogP contribution in [0.2, 0.25) is 0 Å². The van der Waals surface area contributed by atoms with Gasteiger partial charge in [-0.05, 0) is 128 Å². The van der Waals surface area contributed by atoms with Crippen molar-refractivity contribution >= 4 is 0 Å². The third kappa shape index (κ3) is 11.4. The topological polar surface area (TPSA) is 0 Å². The van der Waals surface area contributed by atoms with Crippen molar-refractivity contribution in [1.29, 1.82) is 0 Å². The van der Waals surface area contributed by atoms with Crippen LogP contribution in [0.3, 0.4) is 0 Å². The van der Waals surface area contributed by atoms with E-state index in [9.17, 15) is 17.6 Å². The molecule has 36 heavy (non-hydrogen) atoms. The Morgan fingerprint density at radius 1 is 0.444 bits per heavy atom. The molecular formula is C32H42F4. The molecule has 0 nitrogen and oxygen atoms in total. The minimum absolute atomic E-state index is 0.0289. The van der Waals surface area contributed by atoms with E-state index in [1.165, 1.54) is 37.8 Å². The van der Waals surface area contributed by atoms with Crippen molar-refractivity contribution in [2.75, 3.05) is 0 Å². The van der Waals surface area contributed by atoms with Crippen LogP contribution < -0.4 is 0 Å². The molecule has 0 fully saturated rings. The molecule has 0 saturated carbocycles. The van der Waals surface area contributed by atoms with E-state index in [-0.39, 0.29) is 11.7 Å². The number of rotatable bonds is 0. The SMILES string of the molecule is CC1=CC(F)=C(C)CC1.CC1=CC(F)=C(C)CC1.CC1=CC=C(C)CC1.Cc1ccc(C)c(F)c1F. The Morgan fingerprint density at radius 2 is 0.750 bits per heavy atom. The first kappa shape index (κ1) is 31.4. The summed E-state index contributed by atoms with van der Waals surface area (Å²) in [6, 6.07) is 3.13. The summed E-state index contributed by atoms with van der Waals surface area (Å²) in [7, 11) is 0. The Morgan fingerprint density at radius 3 is 1.00 bits per heavy atom. The van der Waals surface area contributed by atoms with E-state index in [0.717, 1.165) is 48.0 Å². The Hall–Kier alpha value is -2.62. The summed E-state index contributed by atoms with van der Waals surface area (Å²) in [5, 5.41) is 0. The smallest absolute Gasteiger partial charge is 0.161 e. The summed E-state index contributed by atoms with van der Waals surface area (Å²) in [5.74, 6) is -1.53. The molecule has 3 aliphatic carbocycles. The average molecular weight is 503 g/mol. The zero-order valence-electron chi connectivity index (χ0n) is 23.2. The van der Waals surface area contributed by atoms with Crippen molar-refractivity contribution in [2.24, 2.45) is 0 Å². The maximum Gasteiger partial charge on any atom is 0.161 e. The first-order valence-corrected chi connectivity index (χ1v) is 12.6. The Kier molecular flexibility index (Phi) is 13.5. The summed E-state index contributed by atoms with van der Waals surface area (Å²) in [6.07, 6.45) is 14.0. The van der Waals surface area contributed by atoms with E-state index in [2.05, 4.69) is 26.0 Å². The van der Waals surface area contributed by atoms with Gasteiger partial charge in [-0.15, -0.1) is 0 Å². The molecule has 0 amide bonds. The first-order valence-electron chi connectivity index (χ1n) is 12.6. The molecule has 0 unspecified atom stereocenters. The van der Waals surface area contributed by atoms with Gasteiger partial charge < -0.3 is 0 Å². The van der Waals surface area contributed by atoms with Crippen LogP contribution in [0.5, 0.6) is 0 Å². The zero-order valence-corrected chi connectivity index (χ0v) is 23.2. The molecule has 4 rings (SSSR count). The first-order chi connectivity index (χ1) is 16.8. The lowest BCUT2D eigenvalue weighted by Crippen LogP contribution is -1.91. The fraction of sp³-hybridized carbons (Fsp3) is 0.438. The largest absolute Gasteiger partial charge is 0.207 e. The minimum atomic E-state index is -0.736. The number of halogens is 4. The quantitative estimate of drug-likeness (QED) is 0.309. The highest BCUT2D eigenvalue weighted by Gasteiger charge is 2.07. The van der Waals surface area contributed by atoms with Crippen LogP contribution in [0.25, 0.3) is 0 Å². The van der Waals surface area contributed by atoms with Gasteiger partial charge in [0, 0.05) is 0 Å². The van der Waals surface area contributed by atoms with Crippen molar-refractivity contribution in [1.82, 2.24) is 0 Å². The van der Waals surface area contributed by atoms with E-state index < -0.39 is 11.6 Å². The van der Waals surface area contributed by atoms with Crippen LogP contribution in [0, 0.1) is 25.5 Å². The summed E-state index contributed by atoms with van der Waals surface area (Å²) < 4.78 is 50.5. The van der Waals surface area contributed by atoms with Crippen molar-refractivity contribution in [3.8, 4) is 0 Å². The van der Waals surface area contributed by atoms with E-state index in [4.69, 9.17) is 0 Å². The second kappa shape index (κ2) is 15.5. The number of hydrogen-bond donors (Lipinski definition) is 0. The predicted molar refractivity (Wildman–Crippen MR) is 146 cm³/mol. The van der Waals surface area contributed by atoms with E-state index >= 15 is 0 Å². The van der Waals surface area contributed by atoms with Crippen molar-refractivity contribution in [3.63, 3.8) is 0 Å².